The summed E-state index contributed by atoms with van der Waals surface area (Å²) in [5.74, 6) is 0.251. The van der Waals surface area contributed by atoms with Crippen molar-refractivity contribution in [3.8, 4) is 0 Å². The molecule has 1 fully saturated rings. The van der Waals surface area contributed by atoms with Gasteiger partial charge in [-0.05, 0) is 42.9 Å². The van der Waals surface area contributed by atoms with Gasteiger partial charge in [-0.1, -0.05) is 30.3 Å². The summed E-state index contributed by atoms with van der Waals surface area (Å²) in [5.41, 5.74) is 3.70. The van der Waals surface area contributed by atoms with Crippen molar-refractivity contribution in [3.63, 3.8) is 0 Å². The van der Waals surface area contributed by atoms with Gasteiger partial charge in [0, 0.05) is 55.0 Å². The van der Waals surface area contributed by atoms with Gasteiger partial charge in [-0.3, -0.25) is 24.8 Å². The van der Waals surface area contributed by atoms with Crippen molar-refractivity contribution in [1.29, 1.82) is 0 Å². The summed E-state index contributed by atoms with van der Waals surface area (Å²) in [6.07, 6.45) is 3.52. The van der Waals surface area contributed by atoms with Crippen molar-refractivity contribution in [2.45, 2.75) is 32.2 Å². The first kappa shape index (κ1) is 22.8. The van der Waals surface area contributed by atoms with E-state index in [9.17, 15) is 19.7 Å². The molecule has 2 amide bonds. The number of carbonyl (C=O) groups excluding carboxylic acids is 2. The minimum atomic E-state index is -0.491. The van der Waals surface area contributed by atoms with Gasteiger partial charge in [0.25, 0.3) is 17.5 Å². The maximum absolute atomic E-state index is 13.3. The number of nitro benzene ring substituents is 1. The molecule has 2 aliphatic rings. The highest BCUT2D eigenvalue weighted by Crippen LogP contribution is 2.26. The summed E-state index contributed by atoms with van der Waals surface area (Å²) in [5, 5.41) is 18.2. The molecule has 180 valence electrons. The quantitative estimate of drug-likeness (QED) is 0.449. The van der Waals surface area contributed by atoms with Gasteiger partial charge in [-0.25, -0.2) is 0 Å². The number of fused-ring (bicyclic) bond motifs is 1. The van der Waals surface area contributed by atoms with Crippen LogP contribution in [0.1, 0.15) is 50.5 Å². The molecule has 1 saturated heterocycles. The van der Waals surface area contributed by atoms with Gasteiger partial charge < -0.3 is 9.80 Å². The van der Waals surface area contributed by atoms with Crippen LogP contribution in [0.15, 0.2) is 54.6 Å². The van der Waals surface area contributed by atoms with E-state index in [1.807, 2.05) is 11.0 Å². The van der Waals surface area contributed by atoms with Crippen LogP contribution in [-0.4, -0.2) is 56.4 Å². The van der Waals surface area contributed by atoms with E-state index in [1.165, 1.54) is 29.8 Å². The van der Waals surface area contributed by atoms with Crippen molar-refractivity contribution < 1.29 is 14.5 Å². The van der Waals surface area contributed by atoms with E-state index in [1.54, 1.807) is 4.90 Å². The normalized spacial score (nSPS) is 16.1. The number of nitrogens with zero attached hydrogens (tertiary/aromatic N) is 4. The van der Waals surface area contributed by atoms with E-state index in [-0.39, 0.29) is 24.0 Å². The molecule has 35 heavy (non-hydrogen) atoms. The van der Waals surface area contributed by atoms with E-state index in [0.29, 0.717) is 43.2 Å². The second kappa shape index (κ2) is 9.69. The maximum Gasteiger partial charge on any atom is 0.274 e. The van der Waals surface area contributed by atoms with Crippen molar-refractivity contribution in [2.24, 2.45) is 5.92 Å². The molecule has 2 aliphatic heterocycles. The van der Waals surface area contributed by atoms with Gasteiger partial charge in [0.05, 0.1) is 11.5 Å². The average Bonchev–Trinajstić information content (AvgIpc) is 3.32. The number of benzene rings is 2. The molecule has 0 unspecified atom stereocenters. The van der Waals surface area contributed by atoms with E-state index >= 15 is 0 Å². The fourth-order valence-electron chi connectivity index (χ4n) is 4.99. The third-order valence-electron chi connectivity index (χ3n) is 7.02. The van der Waals surface area contributed by atoms with Crippen LogP contribution in [0, 0.1) is 16.0 Å². The number of likely N-dealkylation sites (tertiary alicyclic amines) is 1. The second-order valence-corrected chi connectivity index (χ2v) is 9.24. The number of nitro groups is 1. The Morgan fingerprint density at radius 3 is 2.37 bits per heavy atom. The third kappa shape index (κ3) is 4.80. The Bertz CT molecular complexity index is 1230. The molecule has 9 nitrogen and oxygen atoms in total. The molecule has 0 bridgehead atoms. The zero-order valence-electron chi connectivity index (χ0n) is 19.4. The predicted octanol–water partition coefficient (Wildman–Crippen LogP) is 3.61. The van der Waals surface area contributed by atoms with Crippen LogP contribution in [0.25, 0.3) is 0 Å². The number of hydrogen-bond donors (Lipinski definition) is 1. The molecule has 0 saturated carbocycles. The largest absolute Gasteiger partial charge is 0.337 e. The first-order valence-corrected chi connectivity index (χ1v) is 11.9. The molecule has 5 rings (SSSR count). The molecule has 3 heterocycles. The summed E-state index contributed by atoms with van der Waals surface area (Å²) in [6, 6.07) is 16.0. The molecular weight excluding hydrogens is 446 g/mol. The highest BCUT2D eigenvalue weighted by atomic mass is 16.6. The molecule has 0 atom stereocenters. The topological polar surface area (TPSA) is 112 Å². The van der Waals surface area contributed by atoms with Gasteiger partial charge in [-0.15, -0.1) is 0 Å². The number of carbonyl (C=O) groups is 2. The van der Waals surface area contributed by atoms with Crippen LogP contribution in [-0.2, 0) is 19.4 Å². The first-order chi connectivity index (χ1) is 17.0. The lowest BCUT2D eigenvalue weighted by Crippen LogP contribution is -2.40. The second-order valence-electron chi connectivity index (χ2n) is 9.24. The maximum atomic E-state index is 13.3. The Balaban J connectivity index is 1.23. The Morgan fingerprint density at radius 1 is 0.971 bits per heavy atom. The minimum Gasteiger partial charge on any atom is -0.337 e. The lowest BCUT2D eigenvalue weighted by molar-refractivity contribution is -0.384. The van der Waals surface area contributed by atoms with E-state index in [2.05, 4.69) is 34.5 Å². The van der Waals surface area contributed by atoms with Crippen LogP contribution in [0.4, 0.5) is 5.69 Å². The standard InChI is InChI=1S/C26H27N5O4/c32-25(20-6-8-21(9-7-20)31(34)35)30-15-12-23-22(17-30)24(28-27-23)26(33)29-13-10-19(11-14-29)16-18-4-2-1-3-5-18/h1-9,19H,10-17H2,(H,27,28). The van der Waals surface area contributed by atoms with Crippen LogP contribution < -0.4 is 0 Å². The molecule has 1 N–H and O–H groups in total. The van der Waals surface area contributed by atoms with Gasteiger partial charge in [0.2, 0.25) is 0 Å². The fourth-order valence-corrected chi connectivity index (χ4v) is 4.99. The molecule has 0 radical (unpaired) electrons. The number of hydrogen-bond acceptors (Lipinski definition) is 5. The number of aromatic nitrogens is 2. The lowest BCUT2D eigenvalue weighted by atomic mass is 9.90. The Morgan fingerprint density at radius 2 is 1.69 bits per heavy atom. The molecular formula is C26H27N5O4. The van der Waals surface area contributed by atoms with Crippen LogP contribution in [0.3, 0.4) is 0 Å². The number of aromatic amines is 1. The summed E-state index contributed by atoms with van der Waals surface area (Å²) in [6.45, 7) is 2.17. The van der Waals surface area contributed by atoms with Gasteiger partial charge in [0.15, 0.2) is 5.69 Å². The molecule has 0 spiro atoms. The summed E-state index contributed by atoms with van der Waals surface area (Å²) in [4.78, 5) is 40.3. The number of rotatable bonds is 5. The highest BCUT2D eigenvalue weighted by molar-refractivity contribution is 5.96. The predicted molar refractivity (Wildman–Crippen MR) is 129 cm³/mol. The molecule has 0 aliphatic carbocycles. The molecule has 9 heteroatoms. The SMILES string of the molecule is O=C(c1ccc([N+](=O)[O-])cc1)N1CCc2[nH]nc(C(=O)N3CCC(Cc4ccccc4)CC3)c2C1. The van der Waals surface area contributed by atoms with E-state index < -0.39 is 4.92 Å². The minimum absolute atomic E-state index is 0.0577. The number of amides is 2. The summed E-state index contributed by atoms with van der Waals surface area (Å²) < 4.78 is 0. The monoisotopic (exact) mass is 473 g/mol. The van der Waals surface area contributed by atoms with E-state index in [0.717, 1.165) is 30.5 Å². The first-order valence-electron chi connectivity index (χ1n) is 11.9. The molecule has 1 aromatic heterocycles. The highest BCUT2D eigenvalue weighted by Gasteiger charge is 2.32. The summed E-state index contributed by atoms with van der Waals surface area (Å²) in [7, 11) is 0. The Kier molecular flexibility index (Phi) is 6.31. The zero-order valence-corrected chi connectivity index (χ0v) is 19.4. The number of non-ortho nitro benzene ring substituents is 1. The van der Waals surface area contributed by atoms with Gasteiger partial charge >= 0.3 is 0 Å². The third-order valence-corrected chi connectivity index (χ3v) is 7.02. The van der Waals surface area contributed by atoms with Crippen molar-refractivity contribution in [3.05, 3.63) is 92.8 Å². The zero-order chi connectivity index (χ0) is 24.4. The molecule has 2 aromatic carbocycles. The number of nitrogens with one attached hydrogen (secondary N) is 1. The van der Waals surface area contributed by atoms with Crippen LogP contribution >= 0.6 is 0 Å². The van der Waals surface area contributed by atoms with Crippen molar-refractivity contribution in [1.82, 2.24) is 20.0 Å². The molecule has 3 aromatic rings. The van der Waals surface area contributed by atoms with Crippen LogP contribution in [0.2, 0.25) is 0 Å². The van der Waals surface area contributed by atoms with Crippen molar-refractivity contribution in [2.75, 3.05) is 19.6 Å². The van der Waals surface area contributed by atoms with Crippen molar-refractivity contribution >= 4 is 17.5 Å². The summed E-state index contributed by atoms with van der Waals surface area (Å²) >= 11 is 0. The van der Waals surface area contributed by atoms with Gasteiger partial charge in [-0.2, -0.15) is 5.10 Å². The van der Waals surface area contributed by atoms with E-state index in [4.69, 9.17) is 0 Å². The van der Waals surface area contributed by atoms with Crippen LogP contribution in [0.5, 0.6) is 0 Å². The fraction of sp³-hybridized carbons (Fsp3) is 0.346. The number of piperidine rings is 1. The average molecular weight is 474 g/mol. The lowest BCUT2D eigenvalue weighted by Gasteiger charge is -2.32. The number of H-pyrrole nitrogens is 1. The van der Waals surface area contributed by atoms with Gasteiger partial charge in [0.1, 0.15) is 0 Å². The smallest absolute Gasteiger partial charge is 0.274 e. The Hall–Kier alpha value is -4.01. The Labute approximate surface area is 202 Å².